The van der Waals surface area contributed by atoms with Crippen molar-refractivity contribution < 1.29 is 8.78 Å². The summed E-state index contributed by atoms with van der Waals surface area (Å²) in [6.45, 7) is 8.89. The van der Waals surface area contributed by atoms with Crippen LogP contribution in [-0.4, -0.2) is 0 Å². The molecule has 2 heteroatoms. The molecule has 0 bridgehead atoms. The molecule has 0 radical (unpaired) electrons. The van der Waals surface area contributed by atoms with E-state index >= 15 is 0 Å². The fourth-order valence-corrected chi connectivity index (χ4v) is 1.85. The monoisotopic (exact) mass is 210 g/mol. The molecule has 1 rings (SSSR count). The fraction of sp³-hybridized carbons (Fsp3) is 0.385. The Hall–Kier alpha value is -1.18. The maximum Gasteiger partial charge on any atom is 0.291 e. The number of allylic oxidation sites excluding steroid dienone is 1. The summed E-state index contributed by atoms with van der Waals surface area (Å²) in [6, 6.07) is 5.00. The molecule has 15 heavy (non-hydrogen) atoms. The van der Waals surface area contributed by atoms with Gasteiger partial charge in [0, 0.05) is 5.56 Å². The lowest BCUT2D eigenvalue weighted by atomic mass is 9.89. The number of hydrogen-bond acceptors (Lipinski definition) is 0. The van der Waals surface area contributed by atoms with Crippen molar-refractivity contribution in [2.45, 2.75) is 32.6 Å². The van der Waals surface area contributed by atoms with Gasteiger partial charge in [-0.15, -0.1) is 0 Å². The summed E-state index contributed by atoms with van der Waals surface area (Å²) in [6.07, 6.45) is 0.702. The molecule has 0 aromatic heterocycles. The topological polar surface area (TPSA) is 0 Å². The molecule has 0 amide bonds. The first kappa shape index (κ1) is 11.9. The molecule has 0 aliphatic carbocycles. The first-order chi connectivity index (χ1) is 6.90. The third-order valence-corrected chi connectivity index (χ3v) is 2.52. The number of halogens is 2. The van der Waals surface area contributed by atoms with Crippen molar-refractivity contribution in [3.8, 4) is 0 Å². The maximum absolute atomic E-state index is 13.6. The van der Waals surface area contributed by atoms with Crippen LogP contribution in [0.3, 0.4) is 0 Å². The summed E-state index contributed by atoms with van der Waals surface area (Å²) in [5.41, 5.74) is 1.71. The van der Waals surface area contributed by atoms with Gasteiger partial charge in [0.05, 0.1) is 0 Å². The Morgan fingerprint density at radius 2 is 1.93 bits per heavy atom. The predicted octanol–water partition coefficient (Wildman–Crippen LogP) is 4.40. The van der Waals surface area contributed by atoms with Crippen LogP contribution in [0.15, 0.2) is 30.9 Å². The average molecular weight is 210 g/mol. The molecule has 0 saturated heterocycles. The number of alkyl halides is 2. The predicted molar refractivity (Wildman–Crippen MR) is 59.4 cm³/mol. The normalized spacial score (nSPS) is 11.9. The standard InChI is InChI=1S/C13H16F2/c1-5-13(14,15)11-8-6-7-10(4)12(11)9(2)3/h5-9H,1H2,2-4H3. The molecule has 0 fully saturated rings. The van der Waals surface area contributed by atoms with Gasteiger partial charge >= 0.3 is 0 Å². The van der Waals surface area contributed by atoms with E-state index in [-0.39, 0.29) is 11.5 Å². The molecule has 0 spiro atoms. The van der Waals surface area contributed by atoms with Gasteiger partial charge in [0.2, 0.25) is 0 Å². The second kappa shape index (κ2) is 4.13. The summed E-state index contributed by atoms with van der Waals surface area (Å²) < 4.78 is 27.1. The minimum atomic E-state index is -2.94. The van der Waals surface area contributed by atoms with Crippen molar-refractivity contribution >= 4 is 0 Å². The van der Waals surface area contributed by atoms with Gasteiger partial charge in [-0.1, -0.05) is 38.6 Å². The summed E-state index contributed by atoms with van der Waals surface area (Å²) >= 11 is 0. The lowest BCUT2D eigenvalue weighted by Gasteiger charge is -2.20. The third-order valence-electron chi connectivity index (χ3n) is 2.52. The Kier molecular flexibility index (Phi) is 3.28. The van der Waals surface area contributed by atoms with E-state index in [1.54, 1.807) is 6.07 Å². The quantitative estimate of drug-likeness (QED) is 0.649. The van der Waals surface area contributed by atoms with Crippen LogP contribution in [0.4, 0.5) is 8.78 Å². The van der Waals surface area contributed by atoms with Crippen LogP contribution in [0.1, 0.15) is 36.5 Å². The van der Waals surface area contributed by atoms with E-state index < -0.39 is 5.92 Å². The second-order valence-electron chi connectivity index (χ2n) is 4.02. The molecule has 0 nitrogen and oxygen atoms in total. The van der Waals surface area contributed by atoms with Gasteiger partial charge in [-0.25, -0.2) is 0 Å². The van der Waals surface area contributed by atoms with Crippen molar-refractivity contribution in [3.05, 3.63) is 47.5 Å². The zero-order valence-corrected chi connectivity index (χ0v) is 9.35. The average Bonchev–Trinajstić information content (AvgIpc) is 2.16. The lowest BCUT2D eigenvalue weighted by molar-refractivity contribution is 0.0512. The van der Waals surface area contributed by atoms with Crippen molar-refractivity contribution in [3.63, 3.8) is 0 Å². The largest absolute Gasteiger partial charge is 0.291 e. The van der Waals surface area contributed by atoms with Gasteiger partial charge in [-0.05, 0) is 30.0 Å². The molecule has 1 aromatic carbocycles. The highest BCUT2D eigenvalue weighted by atomic mass is 19.3. The van der Waals surface area contributed by atoms with E-state index in [9.17, 15) is 8.78 Å². The lowest BCUT2D eigenvalue weighted by Crippen LogP contribution is -2.14. The summed E-state index contributed by atoms with van der Waals surface area (Å²) in [5, 5.41) is 0. The molecule has 0 aliphatic heterocycles. The highest BCUT2D eigenvalue weighted by Crippen LogP contribution is 2.36. The van der Waals surface area contributed by atoms with E-state index in [1.165, 1.54) is 6.07 Å². The van der Waals surface area contributed by atoms with E-state index in [0.717, 1.165) is 11.1 Å². The van der Waals surface area contributed by atoms with Crippen molar-refractivity contribution in [2.75, 3.05) is 0 Å². The van der Waals surface area contributed by atoms with E-state index in [0.29, 0.717) is 6.08 Å². The highest BCUT2D eigenvalue weighted by Gasteiger charge is 2.31. The molecule has 82 valence electrons. The van der Waals surface area contributed by atoms with Gasteiger partial charge < -0.3 is 0 Å². The first-order valence-corrected chi connectivity index (χ1v) is 5.01. The summed E-state index contributed by atoms with van der Waals surface area (Å²) in [5.74, 6) is -2.85. The second-order valence-corrected chi connectivity index (χ2v) is 4.02. The van der Waals surface area contributed by atoms with Gasteiger partial charge in [0.15, 0.2) is 0 Å². The van der Waals surface area contributed by atoms with Crippen LogP contribution in [0, 0.1) is 6.92 Å². The molecular formula is C13H16F2. The zero-order chi connectivity index (χ0) is 11.6. The van der Waals surface area contributed by atoms with Crippen LogP contribution in [-0.2, 0) is 5.92 Å². The Balaban J connectivity index is 3.41. The van der Waals surface area contributed by atoms with Crippen molar-refractivity contribution in [1.82, 2.24) is 0 Å². The maximum atomic E-state index is 13.6. The number of benzene rings is 1. The Bertz CT molecular complexity index is 365. The van der Waals surface area contributed by atoms with Crippen molar-refractivity contribution in [1.29, 1.82) is 0 Å². The highest BCUT2D eigenvalue weighted by molar-refractivity contribution is 5.40. The smallest absolute Gasteiger partial charge is 0.197 e. The van der Waals surface area contributed by atoms with Crippen LogP contribution >= 0.6 is 0 Å². The van der Waals surface area contributed by atoms with Gasteiger partial charge in [-0.3, -0.25) is 0 Å². The molecule has 0 unspecified atom stereocenters. The Morgan fingerprint density at radius 1 is 1.33 bits per heavy atom. The minimum Gasteiger partial charge on any atom is -0.197 e. The van der Waals surface area contributed by atoms with Gasteiger partial charge in [0.1, 0.15) is 0 Å². The van der Waals surface area contributed by atoms with Crippen LogP contribution in [0.2, 0.25) is 0 Å². The summed E-state index contributed by atoms with van der Waals surface area (Å²) in [4.78, 5) is 0. The van der Waals surface area contributed by atoms with Gasteiger partial charge in [0.25, 0.3) is 5.92 Å². The van der Waals surface area contributed by atoms with E-state index in [1.807, 2.05) is 26.8 Å². The van der Waals surface area contributed by atoms with Crippen LogP contribution in [0.25, 0.3) is 0 Å². The van der Waals surface area contributed by atoms with Crippen LogP contribution < -0.4 is 0 Å². The van der Waals surface area contributed by atoms with Crippen molar-refractivity contribution in [2.24, 2.45) is 0 Å². The van der Waals surface area contributed by atoms with Gasteiger partial charge in [-0.2, -0.15) is 8.78 Å². The molecule has 0 heterocycles. The molecule has 1 aromatic rings. The number of aryl methyl sites for hydroxylation is 1. The Morgan fingerprint density at radius 3 is 2.40 bits per heavy atom. The fourth-order valence-electron chi connectivity index (χ4n) is 1.85. The third kappa shape index (κ3) is 2.25. The first-order valence-electron chi connectivity index (χ1n) is 5.01. The van der Waals surface area contributed by atoms with E-state index in [2.05, 4.69) is 6.58 Å². The molecular weight excluding hydrogens is 194 g/mol. The molecule has 0 atom stereocenters. The molecule has 0 aliphatic rings. The minimum absolute atomic E-state index is 0.0764. The number of rotatable bonds is 3. The zero-order valence-electron chi connectivity index (χ0n) is 9.35. The van der Waals surface area contributed by atoms with E-state index in [4.69, 9.17) is 0 Å². The Labute approximate surface area is 89.6 Å². The number of hydrogen-bond donors (Lipinski definition) is 0. The van der Waals surface area contributed by atoms with Crippen LogP contribution in [0.5, 0.6) is 0 Å². The SMILES string of the molecule is C=CC(F)(F)c1cccc(C)c1C(C)C. The molecule has 0 saturated carbocycles. The summed E-state index contributed by atoms with van der Waals surface area (Å²) in [7, 11) is 0. The molecule has 0 N–H and O–H groups in total.